The Morgan fingerprint density at radius 3 is 2.76 bits per heavy atom. The molecule has 0 aliphatic rings. The van der Waals surface area contributed by atoms with Gasteiger partial charge in [0.1, 0.15) is 18.2 Å². The van der Waals surface area contributed by atoms with E-state index in [1.807, 2.05) is 0 Å². The number of rotatable bonds is 6. The van der Waals surface area contributed by atoms with Gasteiger partial charge < -0.3 is 14.8 Å². The summed E-state index contributed by atoms with van der Waals surface area (Å²) >= 11 is 0. The summed E-state index contributed by atoms with van der Waals surface area (Å²) in [5, 5.41) is 2.27. The summed E-state index contributed by atoms with van der Waals surface area (Å²) in [4.78, 5) is 11.3. The number of hydrogen-bond donors (Lipinski definition) is 1. The predicted octanol–water partition coefficient (Wildman–Crippen LogP) is 1.57. The first-order valence-corrected chi connectivity index (χ1v) is 4.95. The van der Waals surface area contributed by atoms with Crippen molar-refractivity contribution in [1.29, 1.82) is 0 Å². The smallest absolute Gasteiger partial charge is 0.250 e. The van der Waals surface area contributed by atoms with Gasteiger partial charge in [-0.05, 0) is 12.1 Å². The van der Waals surface area contributed by atoms with Crippen molar-refractivity contribution < 1.29 is 23.0 Å². The van der Waals surface area contributed by atoms with Crippen LogP contribution in [0.2, 0.25) is 0 Å². The number of carbonyl (C=O) groups excluding carboxylic acids is 1. The summed E-state index contributed by atoms with van der Waals surface area (Å²) in [6.07, 6.45) is 0. The lowest BCUT2D eigenvalue weighted by Gasteiger charge is -2.06. The first-order chi connectivity index (χ1) is 8.13. The zero-order valence-electron chi connectivity index (χ0n) is 9.33. The van der Waals surface area contributed by atoms with E-state index in [1.54, 1.807) is 0 Å². The Bertz CT molecular complexity index is 385. The van der Waals surface area contributed by atoms with E-state index in [9.17, 15) is 13.6 Å². The van der Waals surface area contributed by atoms with Gasteiger partial charge in [-0.2, -0.15) is 0 Å². The maximum absolute atomic E-state index is 13.1. The molecule has 4 nitrogen and oxygen atoms in total. The third kappa shape index (κ3) is 4.88. The molecule has 0 heterocycles. The number of amides is 1. The van der Waals surface area contributed by atoms with Crippen LogP contribution in [0.25, 0.3) is 0 Å². The van der Waals surface area contributed by atoms with Crippen LogP contribution >= 0.6 is 0 Å². The molecule has 0 atom stereocenters. The van der Waals surface area contributed by atoms with Gasteiger partial charge in [0, 0.05) is 13.2 Å². The third-order valence-electron chi connectivity index (χ3n) is 1.87. The van der Waals surface area contributed by atoms with E-state index in [2.05, 4.69) is 5.32 Å². The van der Waals surface area contributed by atoms with Gasteiger partial charge in [0.25, 0.3) is 0 Å². The molecule has 0 bridgehead atoms. The van der Waals surface area contributed by atoms with Crippen molar-refractivity contribution in [3.63, 3.8) is 0 Å². The average molecular weight is 245 g/mol. The molecular formula is C11H13F2NO3. The van der Waals surface area contributed by atoms with Crippen LogP contribution < -0.4 is 5.32 Å². The molecule has 17 heavy (non-hydrogen) atoms. The summed E-state index contributed by atoms with van der Waals surface area (Å²) in [6, 6.07) is 2.91. The first-order valence-electron chi connectivity index (χ1n) is 4.95. The number of anilines is 1. The largest absolute Gasteiger partial charge is 0.382 e. The van der Waals surface area contributed by atoms with Gasteiger partial charge in [0.15, 0.2) is 0 Å². The Balaban J connectivity index is 2.40. The predicted molar refractivity (Wildman–Crippen MR) is 57.7 cm³/mol. The molecule has 94 valence electrons. The van der Waals surface area contributed by atoms with Crippen molar-refractivity contribution >= 4 is 11.6 Å². The minimum Gasteiger partial charge on any atom is -0.382 e. The number of benzene rings is 1. The molecule has 0 aliphatic heterocycles. The van der Waals surface area contributed by atoms with Gasteiger partial charge in [-0.3, -0.25) is 4.79 Å². The lowest BCUT2D eigenvalue weighted by Crippen LogP contribution is -2.20. The van der Waals surface area contributed by atoms with Crippen LogP contribution in [0.5, 0.6) is 0 Å². The van der Waals surface area contributed by atoms with Crippen molar-refractivity contribution in [3.8, 4) is 0 Å². The molecule has 0 fully saturated rings. The topological polar surface area (TPSA) is 47.6 Å². The van der Waals surface area contributed by atoms with Gasteiger partial charge in [-0.15, -0.1) is 0 Å². The molecule has 0 saturated carbocycles. The Morgan fingerprint density at radius 2 is 2.12 bits per heavy atom. The molecule has 1 aromatic carbocycles. The normalized spacial score (nSPS) is 10.3. The van der Waals surface area contributed by atoms with Gasteiger partial charge >= 0.3 is 0 Å². The minimum absolute atomic E-state index is 0.0771. The minimum atomic E-state index is -0.824. The molecule has 0 aromatic heterocycles. The first kappa shape index (κ1) is 13.5. The second kappa shape index (κ2) is 6.93. The fourth-order valence-corrected chi connectivity index (χ4v) is 1.08. The molecule has 1 rings (SSSR count). The summed E-state index contributed by atoms with van der Waals surface area (Å²) in [7, 11) is 1.51. The summed E-state index contributed by atoms with van der Waals surface area (Å²) in [6.45, 7) is 0.439. The van der Waals surface area contributed by atoms with Crippen LogP contribution in [0.1, 0.15) is 0 Å². The molecule has 0 aliphatic carbocycles. The van der Waals surface area contributed by atoms with Crippen LogP contribution in [0.15, 0.2) is 18.2 Å². The zero-order chi connectivity index (χ0) is 12.7. The van der Waals surface area contributed by atoms with Crippen LogP contribution in [0.3, 0.4) is 0 Å². The fraction of sp³-hybridized carbons (Fsp3) is 0.364. The Labute approximate surface area is 97.5 Å². The maximum atomic E-state index is 13.1. The van der Waals surface area contributed by atoms with E-state index < -0.39 is 17.5 Å². The van der Waals surface area contributed by atoms with E-state index >= 15 is 0 Å². The summed E-state index contributed by atoms with van der Waals surface area (Å²) in [5.74, 6) is -2.03. The molecular weight excluding hydrogens is 232 g/mol. The van der Waals surface area contributed by atoms with Crippen LogP contribution in [0.4, 0.5) is 14.5 Å². The highest BCUT2D eigenvalue weighted by Gasteiger charge is 2.07. The highest BCUT2D eigenvalue weighted by atomic mass is 19.1. The average Bonchev–Trinajstić information content (AvgIpc) is 2.28. The molecule has 0 unspecified atom stereocenters. The molecule has 1 aromatic rings. The molecule has 0 radical (unpaired) electrons. The number of ether oxygens (including phenoxy) is 2. The Kier molecular flexibility index (Phi) is 5.51. The monoisotopic (exact) mass is 245 g/mol. The van der Waals surface area contributed by atoms with E-state index in [0.29, 0.717) is 12.7 Å². The van der Waals surface area contributed by atoms with Crippen LogP contribution in [-0.4, -0.2) is 32.8 Å². The van der Waals surface area contributed by atoms with Crippen molar-refractivity contribution in [2.75, 3.05) is 32.2 Å². The highest BCUT2D eigenvalue weighted by Crippen LogP contribution is 2.14. The van der Waals surface area contributed by atoms with Crippen molar-refractivity contribution in [3.05, 3.63) is 29.8 Å². The summed E-state index contributed by atoms with van der Waals surface area (Å²) in [5.41, 5.74) is -0.0771. The lowest BCUT2D eigenvalue weighted by atomic mass is 10.3. The van der Waals surface area contributed by atoms with Gasteiger partial charge in [-0.1, -0.05) is 0 Å². The van der Waals surface area contributed by atoms with E-state index in [1.165, 1.54) is 7.11 Å². The van der Waals surface area contributed by atoms with Crippen molar-refractivity contribution in [1.82, 2.24) is 0 Å². The van der Waals surface area contributed by atoms with Crippen molar-refractivity contribution in [2.24, 2.45) is 0 Å². The lowest BCUT2D eigenvalue weighted by molar-refractivity contribution is -0.121. The molecule has 6 heteroatoms. The van der Waals surface area contributed by atoms with Gasteiger partial charge in [0.05, 0.1) is 18.9 Å². The molecule has 1 N–H and O–H groups in total. The van der Waals surface area contributed by atoms with Crippen LogP contribution in [-0.2, 0) is 14.3 Å². The number of methoxy groups -OCH3 is 1. The van der Waals surface area contributed by atoms with E-state index in [0.717, 1.165) is 12.1 Å². The number of nitrogens with one attached hydrogen (secondary N) is 1. The second-order valence-corrected chi connectivity index (χ2v) is 3.22. The Morgan fingerprint density at radius 1 is 1.35 bits per heavy atom. The highest BCUT2D eigenvalue weighted by molar-refractivity contribution is 5.91. The maximum Gasteiger partial charge on any atom is 0.250 e. The second-order valence-electron chi connectivity index (χ2n) is 3.22. The molecule has 0 spiro atoms. The summed E-state index contributed by atoms with van der Waals surface area (Å²) < 4.78 is 35.4. The van der Waals surface area contributed by atoms with E-state index in [-0.39, 0.29) is 18.9 Å². The standard InChI is InChI=1S/C11H13F2NO3/c1-16-4-5-17-7-11(15)14-10-3-2-8(12)6-9(10)13/h2-3,6H,4-5,7H2,1H3,(H,14,15). The number of carbonyl (C=O) groups is 1. The molecule has 0 saturated heterocycles. The van der Waals surface area contributed by atoms with Gasteiger partial charge in [0.2, 0.25) is 5.91 Å². The van der Waals surface area contributed by atoms with E-state index in [4.69, 9.17) is 9.47 Å². The quantitative estimate of drug-likeness (QED) is 0.774. The zero-order valence-corrected chi connectivity index (χ0v) is 9.33. The van der Waals surface area contributed by atoms with Gasteiger partial charge in [-0.25, -0.2) is 8.78 Å². The molecule has 1 amide bonds. The SMILES string of the molecule is COCCOCC(=O)Nc1ccc(F)cc1F. The Hall–Kier alpha value is -1.53. The fourth-order valence-electron chi connectivity index (χ4n) is 1.08. The van der Waals surface area contributed by atoms with Crippen LogP contribution in [0, 0.1) is 11.6 Å². The number of halogens is 2. The third-order valence-corrected chi connectivity index (χ3v) is 1.87. The van der Waals surface area contributed by atoms with Crippen molar-refractivity contribution in [2.45, 2.75) is 0 Å². The number of hydrogen-bond acceptors (Lipinski definition) is 3.